The predicted molar refractivity (Wildman–Crippen MR) is 58.0 cm³/mol. The monoisotopic (exact) mass is 291 g/mol. The summed E-state index contributed by atoms with van der Waals surface area (Å²) in [7, 11) is 0. The van der Waals surface area contributed by atoms with Crippen LogP contribution in [-0.4, -0.2) is 6.21 Å². The molecule has 0 unspecified atom stereocenters. The maximum absolute atomic E-state index is 5.72. The first kappa shape index (κ1) is 9.54. The molecule has 0 aliphatic rings. The summed E-state index contributed by atoms with van der Waals surface area (Å²) in [6, 6.07) is 3.71. The molecule has 0 spiro atoms. The van der Waals surface area contributed by atoms with E-state index in [2.05, 4.69) is 37.0 Å². The van der Waals surface area contributed by atoms with Gasteiger partial charge < -0.3 is 11.6 Å². The van der Waals surface area contributed by atoms with Gasteiger partial charge in [-0.2, -0.15) is 5.10 Å². The highest BCUT2D eigenvalue weighted by Crippen LogP contribution is 2.26. The van der Waals surface area contributed by atoms with Crippen molar-refractivity contribution in [2.75, 3.05) is 5.73 Å². The van der Waals surface area contributed by atoms with Gasteiger partial charge in [0.05, 0.1) is 11.9 Å². The molecular formula is C7H7Br2N3. The van der Waals surface area contributed by atoms with Crippen LogP contribution in [0.25, 0.3) is 0 Å². The molecule has 0 saturated heterocycles. The van der Waals surface area contributed by atoms with Crippen LogP contribution in [0.2, 0.25) is 0 Å². The van der Waals surface area contributed by atoms with E-state index >= 15 is 0 Å². The normalized spacial score (nSPS) is 10.8. The van der Waals surface area contributed by atoms with E-state index in [9.17, 15) is 0 Å². The van der Waals surface area contributed by atoms with Gasteiger partial charge in [0.25, 0.3) is 0 Å². The maximum Gasteiger partial charge on any atom is 0.0559 e. The Morgan fingerprint density at radius 3 is 2.58 bits per heavy atom. The van der Waals surface area contributed by atoms with Gasteiger partial charge in [-0.25, -0.2) is 0 Å². The molecule has 0 heterocycles. The van der Waals surface area contributed by atoms with Crippen molar-refractivity contribution in [2.45, 2.75) is 0 Å². The fourth-order valence-corrected chi connectivity index (χ4v) is 2.05. The summed E-state index contributed by atoms with van der Waals surface area (Å²) in [6.45, 7) is 0. The minimum Gasteiger partial charge on any atom is -0.397 e. The fourth-order valence-electron chi connectivity index (χ4n) is 0.792. The Labute approximate surface area is 87.1 Å². The van der Waals surface area contributed by atoms with Crippen LogP contribution in [0, 0.1) is 0 Å². The van der Waals surface area contributed by atoms with Crippen molar-refractivity contribution >= 4 is 43.8 Å². The summed E-state index contributed by atoms with van der Waals surface area (Å²) in [5.74, 6) is 5.01. The Hall–Kier alpha value is -0.550. The topological polar surface area (TPSA) is 64.4 Å². The number of halogens is 2. The maximum atomic E-state index is 5.72. The minimum atomic E-state index is 0.632. The molecule has 3 nitrogen and oxygen atoms in total. The average molecular weight is 293 g/mol. The summed E-state index contributed by atoms with van der Waals surface area (Å²) < 4.78 is 1.75. The molecule has 0 aliphatic heterocycles. The first-order valence-electron chi connectivity index (χ1n) is 3.13. The summed E-state index contributed by atoms with van der Waals surface area (Å²) in [6.07, 6.45) is 1.50. The van der Waals surface area contributed by atoms with Crippen LogP contribution in [0.1, 0.15) is 5.56 Å². The van der Waals surface area contributed by atoms with Gasteiger partial charge in [-0.1, -0.05) is 15.9 Å². The number of hydrogen-bond acceptors (Lipinski definition) is 3. The van der Waals surface area contributed by atoms with E-state index in [1.807, 2.05) is 12.1 Å². The molecule has 0 saturated carbocycles. The lowest BCUT2D eigenvalue weighted by Gasteiger charge is -2.02. The van der Waals surface area contributed by atoms with Gasteiger partial charge in [0.1, 0.15) is 0 Å². The summed E-state index contributed by atoms with van der Waals surface area (Å²) >= 11 is 6.64. The molecular weight excluding hydrogens is 286 g/mol. The van der Waals surface area contributed by atoms with Crippen molar-refractivity contribution in [2.24, 2.45) is 10.9 Å². The van der Waals surface area contributed by atoms with E-state index in [0.29, 0.717) is 5.69 Å². The van der Waals surface area contributed by atoms with Gasteiger partial charge in [-0.05, 0) is 28.1 Å². The third-order valence-electron chi connectivity index (χ3n) is 1.34. The number of nitrogen functional groups attached to an aromatic ring is 1. The molecule has 1 aromatic carbocycles. The molecule has 1 rings (SSSR count). The van der Waals surface area contributed by atoms with Crippen molar-refractivity contribution in [3.63, 3.8) is 0 Å². The summed E-state index contributed by atoms with van der Waals surface area (Å²) in [5, 5.41) is 3.40. The van der Waals surface area contributed by atoms with Crippen LogP contribution < -0.4 is 11.6 Å². The Bertz CT molecular complexity index is 323. The highest BCUT2D eigenvalue weighted by molar-refractivity contribution is 9.11. The van der Waals surface area contributed by atoms with Gasteiger partial charge in [0, 0.05) is 14.5 Å². The first-order chi connectivity index (χ1) is 5.65. The Balaban J connectivity index is 3.27. The molecule has 0 bridgehead atoms. The van der Waals surface area contributed by atoms with E-state index < -0.39 is 0 Å². The van der Waals surface area contributed by atoms with Crippen LogP contribution in [0.15, 0.2) is 26.2 Å². The molecule has 12 heavy (non-hydrogen) atoms. The highest BCUT2D eigenvalue weighted by Gasteiger charge is 2.02. The quantitative estimate of drug-likeness (QED) is 0.360. The minimum absolute atomic E-state index is 0.632. The van der Waals surface area contributed by atoms with Gasteiger partial charge in [0.2, 0.25) is 0 Å². The zero-order valence-electron chi connectivity index (χ0n) is 6.09. The van der Waals surface area contributed by atoms with Crippen LogP contribution in [0.4, 0.5) is 5.69 Å². The lowest BCUT2D eigenvalue weighted by Crippen LogP contribution is -1.96. The third-order valence-corrected chi connectivity index (χ3v) is 2.45. The Morgan fingerprint density at radius 1 is 1.33 bits per heavy atom. The second kappa shape index (κ2) is 3.91. The molecule has 0 atom stereocenters. The number of nitrogens with zero attached hydrogens (tertiary/aromatic N) is 1. The smallest absolute Gasteiger partial charge is 0.0559 e. The number of hydrogen-bond donors (Lipinski definition) is 2. The van der Waals surface area contributed by atoms with Gasteiger partial charge in [0.15, 0.2) is 0 Å². The lowest BCUT2D eigenvalue weighted by molar-refractivity contribution is 1.26. The van der Waals surface area contributed by atoms with Gasteiger partial charge in [-0.15, -0.1) is 0 Å². The Kier molecular flexibility index (Phi) is 3.11. The number of nitrogens with two attached hydrogens (primary N) is 2. The second-order valence-electron chi connectivity index (χ2n) is 2.17. The van der Waals surface area contributed by atoms with E-state index in [-0.39, 0.29) is 0 Å². The van der Waals surface area contributed by atoms with Crippen molar-refractivity contribution in [3.05, 3.63) is 26.6 Å². The SMILES string of the molecule is NN=Cc1cc(Br)cc(Br)c1N. The van der Waals surface area contributed by atoms with Gasteiger partial charge in [-0.3, -0.25) is 0 Å². The third kappa shape index (κ3) is 1.98. The van der Waals surface area contributed by atoms with E-state index in [4.69, 9.17) is 11.6 Å². The highest BCUT2D eigenvalue weighted by atomic mass is 79.9. The van der Waals surface area contributed by atoms with Crippen molar-refractivity contribution in [3.8, 4) is 0 Å². The Morgan fingerprint density at radius 2 is 2.00 bits per heavy atom. The first-order valence-corrected chi connectivity index (χ1v) is 4.71. The molecule has 0 amide bonds. The lowest BCUT2D eigenvalue weighted by atomic mass is 10.2. The molecule has 4 N–H and O–H groups in total. The zero-order valence-corrected chi connectivity index (χ0v) is 9.26. The molecule has 0 aromatic heterocycles. The molecule has 1 aromatic rings. The van der Waals surface area contributed by atoms with Crippen molar-refractivity contribution < 1.29 is 0 Å². The van der Waals surface area contributed by atoms with Crippen molar-refractivity contribution in [1.29, 1.82) is 0 Å². The number of anilines is 1. The predicted octanol–water partition coefficient (Wildman–Crippen LogP) is 2.09. The number of hydrazone groups is 1. The largest absolute Gasteiger partial charge is 0.397 e. The summed E-state index contributed by atoms with van der Waals surface area (Å²) in [5.41, 5.74) is 7.15. The van der Waals surface area contributed by atoms with E-state index in [0.717, 1.165) is 14.5 Å². The number of benzene rings is 1. The molecule has 64 valence electrons. The zero-order chi connectivity index (χ0) is 9.14. The van der Waals surface area contributed by atoms with Crippen LogP contribution in [0.5, 0.6) is 0 Å². The fraction of sp³-hybridized carbons (Fsp3) is 0. The molecule has 5 heteroatoms. The number of rotatable bonds is 1. The van der Waals surface area contributed by atoms with Gasteiger partial charge >= 0.3 is 0 Å². The summed E-state index contributed by atoms with van der Waals surface area (Å²) in [4.78, 5) is 0. The van der Waals surface area contributed by atoms with Crippen molar-refractivity contribution in [1.82, 2.24) is 0 Å². The van der Waals surface area contributed by atoms with E-state index in [1.54, 1.807) is 0 Å². The molecule has 0 aliphatic carbocycles. The average Bonchev–Trinajstić information content (AvgIpc) is 2.00. The molecule has 0 radical (unpaired) electrons. The standard InChI is InChI=1S/C7H7Br2N3/c8-5-1-4(3-12-11)7(10)6(9)2-5/h1-3H,10-11H2. The van der Waals surface area contributed by atoms with Crippen LogP contribution in [-0.2, 0) is 0 Å². The molecule has 0 fully saturated rings. The van der Waals surface area contributed by atoms with Crippen LogP contribution in [0.3, 0.4) is 0 Å². The van der Waals surface area contributed by atoms with E-state index in [1.165, 1.54) is 6.21 Å². The van der Waals surface area contributed by atoms with Crippen LogP contribution >= 0.6 is 31.9 Å². The second-order valence-corrected chi connectivity index (χ2v) is 3.94.